The molecule has 0 atom stereocenters. The van der Waals surface area contributed by atoms with Crippen molar-refractivity contribution < 1.29 is 4.92 Å². The number of hydrogen-bond acceptors (Lipinski definition) is 5. The number of nitro groups is 1. The first-order chi connectivity index (χ1) is 16.0. The summed E-state index contributed by atoms with van der Waals surface area (Å²) in [7, 11) is 1.44. The number of rotatable bonds is 4. The van der Waals surface area contributed by atoms with E-state index in [1.54, 1.807) is 48.5 Å². The number of para-hydroxylation sites is 2. The van der Waals surface area contributed by atoms with Crippen LogP contribution in [0.2, 0.25) is 0 Å². The van der Waals surface area contributed by atoms with Crippen LogP contribution in [0.5, 0.6) is 0 Å². The first kappa shape index (κ1) is 20.4. The lowest BCUT2D eigenvalue weighted by Crippen LogP contribution is -2.09. The third-order valence-electron chi connectivity index (χ3n) is 5.79. The van der Waals surface area contributed by atoms with Gasteiger partial charge in [0.25, 0.3) is 11.2 Å². The van der Waals surface area contributed by atoms with Crippen molar-refractivity contribution >= 4 is 33.1 Å². The Hall–Kier alpha value is -4.49. The van der Waals surface area contributed by atoms with Crippen LogP contribution in [0.25, 0.3) is 43.9 Å². The number of fused-ring (bicyclic) bond motifs is 3. The Balaban J connectivity index is 1.83. The zero-order valence-corrected chi connectivity index (χ0v) is 17.6. The number of nitrogens with zero attached hydrogens (tertiary/aromatic N) is 2. The van der Waals surface area contributed by atoms with Gasteiger partial charge in [-0.25, -0.2) is 0 Å². The van der Waals surface area contributed by atoms with Gasteiger partial charge in [-0.2, -0.15) is 0 Å². The van der Waals surface area contributed by atoms with Crippen LogP contribution in [0, 0.1) is 15.3 Å². The van der Waals surface area contributed by atoms with Crippen molar-refractivity contribution in [3.63, 3.8) is 0 Å². The van der Waals surface area contributed by atoms with E-state index >= 15 is 0 Å². The quantitative estimate of drug-likeness (QED) is 0.216. The number of nitrogens with one attached hydrogen (secondary N) is 1. The van der Waals surface area contributed by atoms with Crippen LogP contribution in [0.4, 0.5) is 11.4 Å². The molecule has 0 radical (unpaired) electrons. The molecule has 0 aliphatic heterocycles. The maximum Gasteiger partial charge on any atom is 0.277 e. The Morgan fingerprint density at radius 2 is 1.52 bits per heavy atom. The number of aromatic amines is 1. The van der Waals surface area contributed by atoms with Gasteiger partial charge in [-0.3, -0.25) is 14.9 Å². The van der Waals surface area contributed by atoms with Crippen molar-refractivity contribution in [2.24, 2.45) is 0 Å². The van der Waals surface area contributed by atoms with Crippen molar-refractivity contribution in [3.05, 3.63) is 111 Å². The summed E-state index contributed by atoms with van der Waals surface area (Å²) in [6.45, 7) is 0. The summed E-state index contributed by atoms with van der Waals surface area (Å²) in [6, 6.07) is 24.6. The molecular formula is C26H18N3O4-. The van der Waals surface area contributed by atoms with Crippen LogP contribution in [-0.4, -0.2) is 17.0 Å². The van der Waals surface area contributed by atoms with E-state index in [9.17, 15) is 20.1 Å². The minimum Gasteiger partial charge on any atom is -0.758 e. The van der Waals surface area contributed by atoms with Crippen LogP contribution in [0.3, 0.4) is 0 Å². The third-order valence-corrected chi connectivity index (χ3v) is 5.79. The summed E-state index contributed by atoms with van der Waals surface area (Å²) >= 11 is 0. The van der Waals surface area contributed by atoms with Gasteiger partial charge in [0.15, 0.2) is 0 Å². The molecule has 162 valence electrons. The standard InChI is InChI=1S/C26H18N3O4/c1-28(31)23-11-4-3-8-18(23)19-9-6-10-21-25(19)20-14-13-16(15-22(20)27-26(21)30)17-7-2-5-12-24(17)29(32)33/h2-15H,1H3,(H,27,30)/q-1. The smallest absolute Gasteiger partial charge is 0.277 e. The molecule has 0 aliphatic rings. The molecule has 0 spiro atoms. The second kappa shape index (κ2) is 7.89. The molecule has 7 heteroatoms. The van der Waals surface area contributed by atoms with E-state index in [0.717, 1.165) is 27.0 Å². The van der Waals surface area contributed by atoms with Crippen LogP contribution >= 0.6 is 0 Å². The van der Waals surface area contributed by atoms with E-state index in [1.165, 1.54) is 13.1 Å². The molecule has 7 nitrogen and oxygen atoms in total. The van der Waals surface area contributed by atoms with E-state index in [0.29, 0.717) is 27.7 Å². The average molecular weight is 436 g/mol. The van der Waals surface area contributed by atoms with Crippen molar-refractivity contribution in [3.8, 4) is 22.3 Å². The SMILES string of the molecule is CN([O-])c1ccccc1-c1cccc2c(=O)[nH]c3cc(-c4ccccc4[N+](=O)[O-])ccc3c12. The maximum absolute atomic E-state index is 13.0. The van der Waals surface area contributed by atoms with Gasteiger partial charge in [-0.05, 0) is 42.4 Å². The highest BCUT2D eigenvalue weighted by Gasteiger charge is 2.17. The van der Waals surface area contributed by atoms with Gasteiger partial charge in [0.2, 0.25) is 0 Å². The lowest BCUT2D eigenvalue weighted by molar-refractivity contribution is -0.384. The second-order valence-corrected chi connectivity index (χ2v) is 7.73. The molecule has 0 unspecified atom stereocenters. The maximum atomic E-state index is 13.0. The van der Waals surface area contributed by atoms with Crippen molar-refractivity contribution in [1.29, 1.82) is 0 Å². The van der Waals surface area contributed by atoms with Gasteiger partial charge in [-0.15, -0.1) is 0 Å². The summed E-state index contributed by atoms with van der Waals surface area (Å²) in [5, 5.41) is 26.5. The van der Waals surface area contributed by atoms with Crippen LogP contribution in [-0.2, 0) is 0 Å². The largest absolute Gasteiger partial charge is 0.758 e. The second-order valence-electron chi connectivity index (χ2n) is 7.73. The highest BCUT2D eigenvalue weighted by Crippen LogP contribution is 2.38. The van der Waals surface area contributed by atoms with Crippen LogP contribution in [0.15, 0.2) is 89.7 Å². The minimum atomic E-state index is -0.420. The number of anilines is 1. The van der Waals surface area contributed by atoms with E-state index in [4.69, 9.17) is 0 Å². The first-order valence-corrected chi connectivity index (χ1v) is 10.3. The van der Waals surface area contributed by atoms with E-state index < -0.39 is 4.92 Å². The van der Waals surface area contributed by atoms with E-state index in [-0.39, 0.29) is 11.2 Å². The van der Waals surface area contributed by atoms with Crippen molar-refractivity contribution in [2.75, 3.05) is 12.1 Å². The molecule has 4 aromatic carbocycles. The van der Waals surface area contributed by atoms with Gasteiger partial charge >= 0.3 is 0 Å². The number of H-pyrrole nitrogens is 1. The number of aromatic nitrogens is 1. The van der Waals surface area contributed by atoms with Crippen molar-refractivity contribution in [1.82, 2.24) is 4.98 Å². The summed E-state index contributed by atoms with van der Waals surface area (Å²) in [4.78, 5) is 27.0. The average Bonchev–Trinajstić information content (AvgIpc) is 2.83. The van der Waals surface area contributed by atoms with Crippen LogP contribution < -0.4 is 10.6 Å². The summed E-state index contributed by atoms with van der Waals surface area (Å²) < 4.78 is 0. The lowest BCUT2D eigenvalue weighted by Gasteiger charge is -2.28. The normalized spacial score (nSPS) is 11.1. The predicted octanol–water partition coefficient (Wildman–Crippen LogP) is 5.86. The molecule has 33 heavy (non-hydrogen) atoms. The molecule has 0 saturated carbocycles. The topological polar surface area (TPSA) is 102 Å². The molecule has 0 saturated heterocycles. The molecule has 5 rings (SSSR count). The zero-order valence-electron chi connectivity index (χ0n) is 17.6. The first-order valence-electron chi connectivity index (χ1n) is 10.3. The molecule has 0 aliphatic carbocycles. The Morgan fingerprint density at radius 3 is 2.27 bits per heavy atom. The van der Waals surface area contributed by atoms with Gasteiger partial charge in [-0.1, -0.05) is 54.6 Å². The highest BCUT2D eigenvalue weighted by atomic mass is 16.6. The monoisotopic (exact) mass is 436 g/mol. The molecule has 5 aromatic rings. The van der Waals surface area contributed by atoms with E-state index in [2.05, 4.69) is 4.98 Å². The molecule has 0 fully saturated rings. The minimum absolute atomic E-state index is 0.00640. The Morgan fingerprint density at radius 1 is 0.818 bits per heavy atom. The van der Waals surface area contributed by atoms with Crippen LogP contribution in [0.1, 0.15) is 0 Å². The molecule has 0 bridgehead atoms. The highest BCUT2D eigenvalue weighted by molar-refractivity contribution is 6.14. The summed E-state index contributed by atoms with van der Waals surface area (Å²) in [6.07, 6.45) is 0. The fourth-order valence-corrected chi connectivity index (χ4v) is 4.33. The molecule has 1 heterocycles. The Labute approximate surface area is 188 Å². The van der Waals surface area contributed by atoms with Crippen molar-refractivity contribution in [2.45, 2.75) is 0 Å². The number of benzene rings is 4. The van der Waals surface area contributed by atoms with E-state index in [1.807, 2.05) is 30.3 Å². The Kier molecular flexibility index (Phi) is 4.88. The molecular weight excluding hydrogens is 418 g/mol. The zero-order chi connectivity index (χ0) is 23.1. The summed E-state index contributed by atoms with van der Waals surface area (Å²) in [5.41, 5.74) is 3.35. The number of hydrogen-bond donors (Lipinski definition) is 1. The molecule has 1 N–H and O–H groups in total. The molecule has 0 amide bonds. The van der Waals surface area contributed by atoms with Gasteiger partial charge in [0, 0.05) is 39.0 Å². The lowest BCUT2D eigenvalue weighted by atomic mass is 9.93. The molecule has 1 aromatic heterocycles. The number of pyridine rings is 1. The predicted molar refractivity (Wildman–Crippen MR) is 131 cm³/mol. The number of nitro benzene ring substituents is 1. The Bertz CT molecular complexity index is 1610. The summed E-state index contributed by atoms with van der Waals surface area (Å²) in [5.74, 6) is 0. The fraction of sp³-hybridized carbons (Fsp3) is 0.0385. The third kappa shape index (κ3) is 3.40. The fourth-order valence-electron chi connectivity index (χ4n) is 4.33. The van der Waals surface area contributed by atoms with Gasteiger partial charge in [0.1, 0.15) is 0 Å². The number of hydroxylamine groups is 1. The van der Waals surface area contributed by atoms with Gasteiger partial charge in [0.05, 0.1) is 10.5 Å². The van der Waals surface area contributed by atoms with Gasteiger partial charge < -0.3 is 15.3 Å².